The zero-order valence-corrected chi connectivity index (χ0v) is 31.1. The highest BCUT2D eigenvalue weighted by molar-refractivity contribution is 7.92. The Hall–Kier alpha value is -3.12. The van der Waals surface area contributed by atoms with E-state index >= 15 is 0 Å². The maximum absolute atomic E-state index is 14.5. The van der Waals surface area contributed by atoms with E-state index in [0.29, 0.717) is 36.2 Å². The normalized spacial score (nSPS) is 33.5. The number of ether oxygens (including phenoxy) is 3. The summed E-state index contributed by atoms with van der Waals surface area (Å²) in [7, 11) is -1.70. The molecule has 51 heavy (non-hydrogen) atoms. The number of nitrogens with one attached hydrogen (secondary N) is 2. The Morgan fingerprint density at radius 3 is 2.73 bits per heavy atom. The third kappa shape index (κ3) is 6.91. The molecular formula is C39H49ClN4O6S. The molecule has 0 radical (unpaired) electrons. The molecule has 3 fully saturated rings. The first-order valence-electron chi connectivity index (χ1n) is 18.5. The van der Waals surface area contributed by atoms with Crippen molar-refractivity contribution in [3.05, 3.63) is 70.3 Å². The first-order chi connectivity index (χ1) is 24.5. The number of carbonyl (C=O) groups excluding carboxylic acids is 2. The van der Waals surface area contributed by atoms with Crippen LogP contribution in [0.3, 0.4) is 0 Å². The summed E-state index contributed by atoms with van der Waals surface area (Å²) >= 11 is 6.46. The van der Waals surface area contributed by atoms with Gasteiger partial charge in [0, 0.05) is 47.7 Å². The Balaban J connectivity index is 1.14. The molecule has 0 aromatic heterocycles. The Bertz CT molecular complexity index is 1850. The van der Waals surface area contributed by atoms with Gasteiger partial charge in [-0.25, -0.2) is 9.00 Å². The highest BCUT2D eigenvalue weighted by Gasteiger charge is 2.50. The second-order valence-corrected chi connectivity index (χ2v) is 18.6. The smallest absolute Gasteiger partial charge is 0.327 e. The predicted octanol–water partition coefficient (Wildman–Crippen LogP) is 6.45. The molecule has 6 atom stereocenters. The molecule has 1 saturated heterocycles. The summed E-state index contributed by atoms with van der Waals surface area (Å²) in [6.07, 6.45) is 11.6. The van der Waals surface area contributed by atoms with Gasteiger partial charge >= 0.3 is 6.03 Å². The number of carbonyl (C=O) groups is 2. The number of anilines is 1. The average molecular weight is 737 g/mol. The van der Waals surface area contributed by atoms with Crippen molar-refractivity contribution in [2.24, 2.45) is 27.5 Å². The summed E-state index contributed by atoms with van der Waals surface area (Å²) in [4.78, 5) is 29.6. The number of urea groups is 1. The van der Waals surface area contributed by atoms with Crippen molar-refractivity contribution in [2.75, 3.05) is 50.7 Å². The molecule has 3 heterocycles. The first-order valence-corrected chi connectivity index (χ1v) is 20.6. The zero-order valence-electron chi connectivity index (χ0n) is 29.5. The highest BCUT2D eigenvalue weighted by Crippen LogP contribution is 2.48. The van der Waals surface area contributed by atoms with Gasteiger partial charge in [0.2, 0.25) is 0 Å². The molecule has 8 rings (SSSR count). The lowest BCUT2D eigenvalue weighted by atomic mass is 9.64. The molecule has 3 amide bonds. The number of hydrogen-bond donors (Lipinski definition) is 2. The molecule has 2 spiro atoms. The highest BCUT2D eigenvalue weighted by atomic mass is 35.5. The van der Waals surface area contributed by atoms with Crippen LogP contribution >= 0.6 is 11.6 Å². The fourth-order valence-electron chi connectivity index (χ4n) is 9.44. The quantitative estimate of drug-likeness (QED) is 0.348. The van der Waals surface area contributed by atoms with Crippen LogP contribution in [0.15, 0.2) is 52.9 Å². The molecule has 1 unspecified atom stereocenters. The number of nitrogens with zero attached hydrogens (tertiary/aromatic N) is 2. The third-order valence-electron chi connectivity index (χ3n) is 12.3. The summed E-state index contributed by atoms with van der Waals surface area (Å²) in [6.45, 7) is 5.44. The molecule has 12 heteroatoms. The van der Waals surface area contributed by atoms with Crippen molar-refractivity contribution in [3.8, 4) is 5.75 Å². The monoisotopic (exact) mass is 736 g/mol. The van der Waals surface area contributed by atoms with E-state index in [2.05, 4.69) is 43.6 Å². The summed E-state index contributed by atoms with van der Waals surface area (Å²) in [5.74, 6) is 0.759. The number of hydrogen-bond acceptors (Lipinski definition) is 7. The fraction of sp³-hybridized carbons (Fsp3) is 0.590. The molecule has 2 saturated carbocycles. The molecule has 10 nitrogen and oxygen atoms in total. The van der Waals surface area contributed by atoms with Crippen molar-refractivity contribution >= 4 is 39.1 Å². The third-order valence-corrected chi connectivity index (χ3v) is 14.5. The number of allylic oxidation sites excluding steroid dienone is 1. The molecule has 2 aromatic carbocycles. The molecule has 2 aromatic rings. The van der Waals surface area contributed by atoms with E-state index < -0.39 is 21.9 Å². The minimum Gasteiger partial charge on any atom is -0.490 e. The summed E-state index contributed by atoms with van der Waals surface area (Å²) in [5, 5.41) is 3.70. The van der Waals surface area contributed by atoms with Gasteiger partial charge in [0.05, 0.1) is 37.4 Å². The number of benzene rings is 2. The van der Waals surface area contributed by atoms with Crippen molar-refractivity contribution in [1.29, 1.82) is 0 Å². The van der Waals surface area contributed by atoms with E-state index in [9.17, 15) is 13.8 Å². The van der Waals surface area contributed by atoms with Gasteiger partial charge in [-0.3, -0.25) is 9.52 Å². The summed E-state index contributed by atoms with van der Waals surface area (Å²) < 4.78 is 39.5. The number of halogens is 1. The van der Waals surface area contributed by atoms with E-state index in [0.717, 1.165) is 82.0 Å². The van der Waals surface area contributed by atoms with Gasteiger partial charge in [-0.2, -0.15) is 0 Å². The Kier molecular flexibility index (Phi) is 9.38. The van der Waals surface area contributed by atoms with Gasteiger partial charge in [-0.1, -0.05) is 36.7 Å². The van der Waals surface area contributed by atoms with E-state index in [1.165, 1.54) is 11.1 Å². The van der Waals surface area contributed by atoms with Crippen LogP contribution in [0.25, 0.3) is 0 Å². The Morgan fingerprint density at radius 1 is 1.14 bits per heavy atom. The van der Waals surface area contributed by atoms with Crippen LogP contribution < -0.4 is 19.7 Å². The van der Waals surface area contributed by atoms with Gasteiger partial charge in [0.1, 0.15) is 15.7 Å². The second kappa shape index (κ2) is 13.7. The Morgan fingerprint density at radius 2 is 1.98 bits per heavy atom. The molecular weight excluding hydrogens is 688 g/mol. The number of methoxy groups -OCH3 is 1. The lowest BCUT2D eigenvalue weighted by molar-refractivity contribution is -0.165. The summed E-state index contributed by atoms with van der Waals surface area (Å²) in [5.41, 5.74) is 3.62. The average Bonchev–Trinajstić information content (AvgIpc) is 3.19. The van der Waals surface area contributed by atoms with Crippen LogP contribution in [0.1, 0.15) is 73.4 Å². The molecule has 6 aliphatic rings. The number of rotatable bonds is 3. The van der Waals surface area contributed by atoms with Gasteiger partial charge in [-0.15, -0.1) is 4.36 Å². The van der Waals surface area contributed by atoms with Crippen molar-refractivity contribution < 1.29 is 28.0 Å². The number of aryl methyl sites for hydroxylation is 1. The van der Waals surface area contributed by atoms with Crippen molar-refractivity contribution in [2.45, 2.75) is 75.9 Å². The van der Waals surface area contributed by atoms with Crippen molar-refractivity contribution in [3.63, 3.8) is 0 Å². The SMILES string of the molecule is CO[C@H]1/C=C\C[C@H](C)CS(=O)(NC(=O)NC2CC3(COC3)C2)=NC(=O)c2ccc3c(c2)N(C[C@@H]2CC[C@H]21)C[C@@]1(CCCc2cc(Cl)ccc21)CO3. The second-order valence-electron chi connectivity index (χ2n) is 16.1. The van der Waals surface area contributed by atoms with E-state index in [1.807, 2.05) is 25.1 Å². The van der Waals surface area contributed by atoms with E-state index in [-0.39, 0.29) is 34.6 Å². The summed E-state index contributed by atoms with van der Waals surface area (Å²) in [6, 6.07) is 11.1. The number of fused-ring (bicyclic) bond motifs is 4. The van der Waals surface area contributed by atoms with Crippen LogP contribution in [-0.4, -0.2) is 74.1 Å². The fourth-order valence-corrected chi connectivity index (χ4v) is 11.5. The number of amides is 3. The largest absolute Gasteiger partial charge is 0.490 e. The molecule has 2 N–H and O–H groups in total. The standard InChI is InChI=1S/C39H49ClN4O6S/c1-25-5-3-7-34(48-2)31-11-8-28(31)19-44-21-39(14-4-6-26-15-29(40)10-12-32(26)39)24-50-35-13-9-27(16-33(35)44)36(45)42-51(47,20-25)43-37(46)41-30-17-38(18-30)22-49-23-38/h3,7,9-10,12-13,15-16,25,28,30-31,34H,4-6,8,11,14,17-24H2,1-2H3,(H2,41,42,43,45,46,47)/b7-3-/t25-,28-,31+,34-,39-,51?/m0/s1. The molecule has 2 bridgehead atoms. The van der Waals surface area contributed by atoms with E-state index in [1.54, 1.807) is 13.2 Å². The van der Waals surface area contributed by atoms with Crippen molar-refractivity contribution in [1.82, 2.24) is 10.0 Å². The van der Waals surface area contributed by atoms with Crippen LogP contribution in [0, 0.1) is 23.2 Å². The Labute approximate surface area is 306 Å². The van der Waals surface area contributed by atoms with Gasteiger partial charge < -0.3 is 24.4 Å². The predicted molar refractivity (Wildman–Crippen MR) is 198 cm³/mol. The van der Waals surface area contributed by atoms with Gasteiger partial charge in [0.15, 0.2) is 0 Å². The maximum atomic E-state index is 14.5. The van der Waals surface area contributed by atoms with E-state index in [4.69, 9.17) is 25.8 Å². The topological polar surface area (TPSA) is 119 Å². The zero-order chi connectivity index (χ0) is 35.4. The molecule has 3 aliphatic carbocycles. The van der Waals surface area contributed by atoms with Crippen LogP contribution in [0.2, 0.25) is 5.02 Å². The molecule has 3 aliphatic heterocycles. The van der Waals surface area contributed by atoms with Gasteiger partial charge in [-0.05, 0) is 111 Å². The minimum atomic E-state index is -3.47. The lowest BCUT2D eigenvalue weighted by Crippen LogP contribution is -2.61. The first kappa shape index (κ1) is 34.9. The van der Waals surface area contributed by atoms with Crippen LogP contribution in [0.5, 0.6) is 5.75 Å². The lowest BCUT2D eigenvalue weighted by Gasteiger charge is -2.53. The van der Waals surface area contributed by atoms with Crippen LogP contribution in [-0.2, 0) is 31.2 Å². The minimum absolute atomic E-state index is 0.0209. The maximum Gasteiger partial charge on any atom is 0.327 e. The van der Waals surface area contributed by atoms with Crippen LogP contribution in [0.4, 0.5) is 10.5 Å². The van der Waals surface area contributed by atoms with Gasteiger partial charge in [0.25, 0.3) is 5.91 Å². The molecule has 274 valence electrons.